The molecular formula is C13H18ClN3O2S. The SMILES string of the molecule is Cc1ccc2c(c1)nc(C(C)Cl)n2CCNS(C)(=O)=O. The van der Waals surface area contributed by atoms with Crippen LogP contribution in [-0.2, 0) is 16.6 Å². The van der Waals surface area contributed by atoms with Gasteiger partial charge in [0.2, 0.25) is 10.0 Å². The highest BCUT2D eigenvalue weighted by Crippen LogP contribution is 2.25. The first kappa shape index (κ1) is 15.3. The Morgan fingerprint density at radius 2 is 2.15 bits per heavy atom. The van der Waals surface area contributed by atoms with E-state index < -0.39 is 10.0 Å². The van der Waals surface area contributed by atoms with Crippen LogP contribution in [0.25, 0.3) is 11.0 Å². The average Bonchev–Trinajstić information content (AvgIpc) is 2.66. The lowest BCUT2D eigenvalue weighted by Gasteiger charge is -2.10. The predicted molar refractivity (Wildman–Crippen MR) is 81.6 cm³/mol. The van der Waals surface area contributed by atoms with Gasteiger partial charge in [-0.2, -0.15) is 0 Å². The number of benzene rings is 1. The van der Waals surface area contributed by atoms with E-state index >= 15 is 0 Å². The van der Waals surface area contributed by atoms with E-state index in [2.05, 4.69) is 9.71 Å². The van der Waals surface area contributed by atoms with Gasteiger partial charge in [0.25, 0.3) is 0 Å². The molecule has 1 atom stereocenters. The molecule has 0 fully saturated rings. The molecule has 20 heavy (non-hydrogen) atoms. The van der Waals surface area contributed by atoms with Gasteiger partial charge in [-0.05, 0) is 31.5 Å². The normalized spacial score (nSPS) is 13.8. The van der Waals surface area contributed by atoms with Crippen molar-refractivity contribution in [3.05, 3.63) is 29.6 Å². The first-order chi connectivity index (χ1) is 9.28. The van der Waals surface area contributed by atoms with Crippen molar-refractivity contribution in [3.8, 4) is 0 Å². The van der Waals surface area contributed by atoms with E-state index in [1.165, 1.54) is 0 Å². The van der Waals surface area contributed by atoms with E-state index in [1.54, 1.807) is 0 Å². The van der Waals surface area contributed by atoms with Gasteiger partial charge in [-0.1, -0.05) is 6.07 Å². The van der Waals surface area contributed by atoms with E-state index in [-0.39, 0.29) is 5.38 Å². The Hall–Kier alpha value is -1.11. The summed E-state index contributed by atoms with van der Waals surface area (Å²) >= 11 is 6.17. The smallest absolute Gasteiger partial charge is 0.208 e. The molecule has 1 unspecified atom stereocenters. The standard InChI is InChI=1S/C13H18ClN3O2S/c1-9-4-5-12-11(8-9)16-13(10(2)14)17(12)7-6-15-20(3,18)19/h4-5,8,10,15H,6-7H2,1-3H3. The lowest BCUT2D eigenvalue weighted by molar-refractivity contribution is 0.577. The number of hydrogen-bond acceptors (Lipinski definition) is 3. The Morgan fingerprint density at radius 1 is 1.45 bits per heavy atom. The van der Waals surface area contributed by atoms with Crippen LogP contribution in [0.5, 0.6) is 0 Å². The molecule has 0 amide bonds. The van der Waals surface area contributed by atoms with E-state index in [9.17, 15) is 8.42 Å². The summed E-state index contributed by atoms with van der Waals surface area (Å²) in [5.74, 6) is 0.752. The molecule has 0 aliphatic heterocycles. The van der Waals surface area contributed by atoms with Gasteiger partial charge in [0.15, 0.2) is 0 Å². The fourth-order valence-electron chi connectivity index (χ4n) is 2.14. The number of sulfonamides is 1. The van der Waals surface area contributed by atoms with E-state index in [1.807, 2.05) is 36.6 Å². The Kier molecular flexibility index (Phi) is 4.36. The number of aryl methyl sites for hydroxylation is 1. The van der Waals surface area contributed by atoms with Crippen molar-refractivity contribution in [2.24, 2.45) is 0 Å². The van der Waals surface area contributed by atoms with Crippen molar-refractivity contribution in [2.45, 2.75) is 25.8 Å². The summed E-state index contributed by atoms with van der Waals surface area (Å²) in [6.45, 7) is 4.68. The lowest BCUT2D eigenvalue weighted by atomic mass is 10.2. The molecule has 7 heteroatoms. The van der Waals surface area contributed by atoms with Gasteiger partial charge >= 0.3 is 0 Å². The van der Waals surface area contributed by atoms with Gasteiger partial charge in [-0.15, -0.1) is 11.6 Å². The summed E-state index contributed by atoms with van der Waals surface area (Å²) in [4.78, 5) is 4.54. The van der Waals surface area contributed by atoms with Crippen LogP contribution in [-0.4, -0.2) is 30.8 Å². The van der Waals surface area contributed by atoms with Crippen LogP contribution in [0.1, 0.15) is 23.7 Å². The van der Waals surface area contributed by atoms with Crippen molar-refractivity contribution in [3.63, 3.8) is 0 Å². The number of hydrogen-bond donors (Lipinski definition) is 1. The van der Waals surface area contributed by atoms with E-state index in [0.717, 1.165) is 28.7 Å². The van der Waals surface area contributed by atoms with Crippen LogP contribution in [0.2, 0.25) is 0 Å². The maximum absolute atomic E-state index is 11.1. The molecule has 0 saturated carbocycles. The molecular weight excluding hydrogens is 298 g/mol. The summed E-state index contributed by atoms with van der Waals surface area (Å²) in [6, 6.07) is 5.99. The molecule has 0 aliphatic rings. The minimum atomic E-state index is -3.19. The van der Waals surface area contributed by atoms with Crippen LogP contribution >= 0.6 is 11.6 Å². The van der Waals surface area contributed by atoms with Crippen molar-refractivity contribution in [2.75, 3.05) is 12.8 Å². The van der Waals surface area contributed by atoms with Crippen LogP contribution in [0.15, 0.2) is 18.2 Å². The molecule has 0 bridgehead atoms. The third kappa shape index (κ3) is 3.50. The largest absolute Gasteiger partial charge is 0.325 e. The molecule has 2 rings (SSSR count). The number of alkyl halides is 1. The summed E-state index contributed by atoms with van der Waals surface area (Å²) in [7, 11) is -3.19. The van der Waals surface area contributed by atoms with Gasteiger partial charge in [0.05, 0.1) is 22.7 Å². The molecule has 1 aromatic heterocycles. The van der Waals surface area contributed by atoms with Crippen molar-refractivity contribution < 1.29 is 8.42 Å². The summed E-state index contributed by atoms with van der Waals surface area (Å²) in [5.41, 5.74) is 2.98. The summed E-state index contributed by atoms with van der Waals surface area (Å²) in [6.07, 6.45) is 1.15. The van der Waals surface area contributed by atoms with Gasteiger partial charge in [-0.25, -0.2) is 18.1 Å². The van der Waals surface area contributed by atoms with Crippen LogP contribution in [0.4, 0.5) is 0 Å². The zero-order chi connectivity index (χ0) is 14.9. The topological polar surface area (TPSA) is 64.0 Å². The van der Waals surface area contributed by atoms with Gasteiger partial charge in [0.1, 0.15) is 5.82 Å². The van der Waals surface area contributed by atoms with E-state index in [4.69, 9.17) is 11.6 Å². The van der Waals surface area contributed by atoms with Crippen molar-refractivity contribution >= 4 is 32.7 Å². The van der Waals surface area contributed by atoms with Gasteiger partial charge in [-0.3, -0.25) is 0 Å². The molecule has 5 nitrogen and oxygen atoms in total. The number of nitrogens with zero attached hydrogens (tertiary/aromatic N) is 2. The number of nitrogens with one attached hydrogen (secondary N) is 1. The molecule has 0 radical (unpaired) electrons. The lowest BCUT2D eigenvalue weighted by Crippen LogP contribution is -2.26. The third-order valence-electron chi connectivity index (χ3n) is 2.99. The first-order valence-electron chi connectivity index (χ1n) is 6.33. The van der Waals surface area contributed by atoms with Crippen LogP contribution < -0.4 is 4.72 Å². The second-order valence-corrected chi connectivity index (χ2v) is 7.38. The molecule has 1 N–H and O–H groups in total. The monoisotopic (exact) mass is 315 g/mol. The highest BCUT2D eigenvalue weighted by molar-refractivity contribution is 7.88. The fraction of sp³-hybridized carbons (Fsp3) is 0.462. The molecule has 1 aromatic carbocycles. The first-order valence-corrected chi connectivity index (χ1v) is 8.66. The van der Waals surface area contributed by atoms with Crippen molar-refractivity contribution in [1.29, 1.82) is 0 Å². The highest BCUT2D eigenvalue weighted by Gasteiger charge is 2.15. The molecule has 0 saturated heterocycles. The molecule has 110 valence electrons. The van der Waals surface area contributed by atoms with Crippen LogP contribution in [0, 0.1) is 6.92 Å². The van der Waals surface area contributed by atoms with E-state index in [0.29, 0.717) is 13.1 Å². The number of halogens is 1. The van der Waals surface area contributed by atoms with Crippen LogP contribution in [0.3, 0.4) is 0 Å². The summed E-state index contributed by atoms with van der Waals surface area (Å²) < 4.78 is 26.7. The quantitative estimate of drug-likeness (QED) is 0.860. The predicted octanol–water partition coefficient (Wildman–Crippen LogP) is 2.19. The molecule has 2 aromatic rings. The minimum Gasteiger partial charge on any atom is -0.325 e. The van der Waals surface area contributed by atoms with Gasteiger partial charge < -0.3 is 4.57 Å². The van der Waals surface area contributed by atoms with Gasteiger partial charge in [0, 0.05) is 13.1 Å². The molecule has 1 heterocycles. The Bertz CT molecular complexity index is 723. The number of imidazole rings is 1. The second-order valence-electron chi connectivity index (χ2n) is 4.90. The number of fused-ring (bicyclic) bond motifs is 1. The number of rotatable bonds is 5. The zero-order valence-corrected chi connectivity index (χ0v) is 13.3. The maximum Gasteiger partial charge on any atom is 0.208 e. The Labute approximate surface area is 124 Å². The average molecular weight is 316 g/mol. The Morgan fingerprint density at radius 3 is 2.75 bits per heavy atom. The minimum absolute atomic E-state index is 0.235. The number of aromatic nitrogens is 2. The maximum atomic E-state index is 11.1. The fourth-order valence-corrected chi connectivity index (χ4v) is 2.77. The molecule has 0 spiro atoms. The highest BCUT2D eigenvalue weighted by atomic mass is 35.5. The Balaban J connectivity index is 2.36. The zero-order valence-electron chi connectivity index (χ0n) is 11.7. The van der Waals surface area contributed by atoms with Crippen molar-refractivity contribution in [1.82, 2.24) is 14.3 Å². The molecule has 0 aliphatic carbocycles. The third-order valence-corrected chi connectivity index (χ3v) is 3.91. The summed E-state index contributed by atoms with van der Waals surface area (Å²) in [5, 5.41) is -0.235. The second kappa shape index (κ2) is 5.71.